The van der Waals surface area contributed by atoms with Gasteiger partial charge in [0, 0.05) is 29.4 Å². The summed E-state index contributed by atoms with van der Waals surface area (Å²) in [6, 6.07) is 19.8. The molecule has 0 aliphatic carbocycles. The van der Waals surface area contributed by atoms with Crippen molar-refractivity contribution in [2.45, 2.75) is 32.7 Å². The summed E-state index contributed by atoms with van der Waals surface area (Å²) in [6.07, 6.45) is 5.85. The number of benzene rings is 3. The molecule has 0 saturated carbocycles. The van der Waals surface area contributed by atoms with Gasteiger partial charge in [-0.1, -0.05) is 36.8 Å². The van der Waals surface area contributed by atoms with Crippen molar-refractivity contribution in [1.82, 2.24) is 9.88 Å². The molecule has 0 bridgehead atoms. The second kappa shape index (κ2) is 9.74. The Kier molecular flexibility index (Phi) is 6.37. The van der Waals surface area contributed by atoms with E-state index in [9.17, 15) is 9.18 Å². The molecule has 0 spiro atoms. The molecule has 3 aromatic carbocycles. The van der Waals surface area contributed by atoms with Crippen LogP contribution in [-0.4, -0.2) is 28.9 Å². The smallest absolute Gasteiger partial charge is 0.255 e. The number of aromatic nitrogens is 1. The van der Waals surface area contributed by atoms with Gasteiger partial charge in [0.2, 0.25) is 0 Å². The first-order valence-corrected chi connectivity index (χ1v) is 11.8. The second-order valence-corrected chi connectivity index (χ2v) is 9.03. The Labute approximate surface area is 199 Å². The minimum atomic E-state index is -0.266. The molecular weight excluding hydrogens is 425 g/mol. The van der Waals surface area contributed by atoms with E-state index in [1.807, 2.05) is 37.4 Å². The van der Waals surface area contributed by atoms with Gasteiger partial charge in [-0.15, -0.1) is 0 Å². The highest BCUT2D eigenvalue weighted by molar-refractivity contribution is 6.06. The summed E-state index contributed by atoms with van der Waals surface area (Å²) in [4.78, 5) is 20.1. The Morgan fingerprint density at radius 3 is 2.32 bits per heavy atom. The van der Waals surface area contributed by atoms with Gasteiger partial charge in [-0.2, -0.15) is 0 Å². The Morgan fingerprint density at radius 2 is 1.62 bits per heavy atom. The van der Waals surface area contributed by atoms with Crippen molar-refractivity contribution in [1.29, 1.82) is 0 Å². The van der Waals surface area contributed by atoms with Crippen LogP contribution in [-0.2, 0) is 6.54 Å². The first-order valence-electron chi connectivity index (χ1n) is 11.8. The fraction of sp³-hybridized carbons (Fsp3) is 0.241. The topological polar surface area (TPSA) is 45.2 Å². The van der Waals surface area contributed by atoms with E-state index in [-0.39, 0.29) is 11.7 Å². The number of aryl methyl sites for hydroxylation is 1. The number of nitrogens with zero attached hydrogens (tertiary/aromatic N) is 2. The third kappa shape index (κ3) is 4.85. The molecule has 2 heterocycles. The summed E-state index contributed by atoms with van der Waals surface area (Å²) in [5, 5.41) is 4.12. The van der Waals surface area contributed by atoms with E-state index >= 15 is 0 Å². The molecule has 1 N–H and O–H groups in total. The lowest BCUT2D eigenvalue weighted by Crippen LogP contribution is -2.29. The molecule has 1 aliphatic rings. The number of hydrogen-bond acceptors (Lipinski definition) is 3. The summed E-state index contributed by atoms with van der Waals surface area (Å²) in [7, 11) is 0. The largest absolute Gasteiger partial charge is 0.322 e. The van der Waals surface area contributed by atoms with Crippen LogP contribution in [0.5, 0.6) is 0 Å². The van der Waals surface area contributed by atoms with Gasteiger partial charge in [-0.3, -0.25) is 14.7 Å². The molecule has 0 unspecified atom stereocenters. The summed E-state index contributed by atoms with van der Waals surface area (Å²) < 4.78 is 13.2. The molecule has 1 aliphatic heterocycles. The predicted octanol–water partition coefficient (Wildman–Crippen LogP) is 6.59. The predicted molar refractivity (Wildman–Crippen MR) is 135 cm³/mol. The van der Waals surface area contributed by atoms with E-state index in [1.54, 1.807) is 24.3 Å². The first-order chi connectivity index (χ1) is 16.6. The number of halogens is 1. The summed E-state index contributed by atoms with van der Waals surface area (Å²) in [5.41, 5.74) is 6.26. The van der Waals surface area contributed by atoms with E-state index in [0.29, 0.717) is 5.56 Å². The van der Waals surface area contributed by atoms with Crippen molar-refractivity contribution in [3.8, 4) is 11.1 Å². The average molecular weight is 454 g/mol. The maximum absolute atomic E-state index is 13.2. The molecule has 34 heavy (non-hydrogen) atoms. The Balaban J connectivity index is 1.30. The number of fused-ring (bicyclic) bond motifs is 1. The van der Waals surface area contributed by atoms with Gasteiger partial charge < -0.3 is 5.32 Å². The normalized spacial score (nSPS) is 14.3. The standard InChI is InChI=1S/C29H28FN3O/c1-20-27(14-11-25-17-21(18-31-28(20)25)19-33-15-3-2-4-16-33)32-29(34)24-7-5-22(6-8-24)23-9-12-26(30)13-10-23/h5-14,17-18H,2-4,15-16,19H2,1H3,(H,32,34). The summed E-state index contributed by atoms with van der Waals surface area (Å²) in [5.74, 6) is -0.437. The van der Waals surface area contributed by atoms with Gasteiger partial charge in [-0.05, 0) is 91.5 Å². The number of hydrogen-bond donors (Lipinski definition) is 1. The zero-order valence-corrected chi connectivity index (χ0v) is 19.4. The molecule has 1 aromatic heterocycles. The van der Waals surface area contributed by atoms with Crippen molar-refractivity contribution in [2.24, 2.45) is 0 Å². The van der Waals surface area contributed by atoms with Crippen LogP contribution in [0.4, 0.5) is 10.1 Å². The molecular formula is C29H28FN3O. The molecule has 5 heteroatoms. The van der Waals surface area contributed by atoms with Crippen molar-refractivity contribution in [2.75, 3.05) is 18.4 Å². The van der Waals surface area contributed by atoms with E-state index in [2.05, 4.69) is 16.3 Å². The third-order valence-corrected chi connectivity index (χ3v) is 6.59. The number of carbonyl (C=O) groups excluding carboxylic acids is 1. The highest BCUT2D eigenvalue weighted by atomic mass is 19.1. The van der Waals surface area contributed by atoms with Gasteiger partial charge in [0.1, 0.15) is 5.82 Å². The monoisotopic (exact) mass is 453 g/mol. The van der Waals surface area contributed by atoms with Crippen LogP contribution < -0.4 is 5.32 Å². The van der Waals surface area contributed by atoms with Crippen molar-refractivity contribution >= 4 is 22.5 Å². The molecule has 0 radical (unpaired) electrons. The number of pyridine rings is 1. The van der Waals surface area contributed by atoms with Gasteiger partial charge in [0.15, 0.2) is 0 Å². The second-order valence-electron chi connectivity index (χ2n) is 9.03. The number of amides is 1. The van der Waals surface area contributed by atoms with Crippen molar-refractivity contribution < 1.29 is 9.18 Å². The fourth-order valence-corrected chi connectivity index (χ4v) is 4.64. The van der Waals surface area contributed by atoms with Crippen LogP contribution in [0, 0.1) is 12.7 Å². The molecule has 0 atom stereocenters. The van der Waals surface area contributed by atoms with E-state index in [0.717, 1.165) is 52.9 Å². The average Bonchev–Trinajstić information content (AvgIpc) is 2.87. The minimum absolute atomic E-state index is 0.171. The summed E-state index contributed by atoms with van der Waals surface area (Å²) >= 11 is 0. The highest BCUT2D eigenvalue weighted by Gasteiger charge is 2.13. The first kappa shape index (κ1) is 22.2. The van der Waals surface area contributed by atoms with Gasteiger partial charge in [-0.25, -0.2) is 4.39 Å². The Bertz CT molecular complexity index is 1310. The molecule has 172 valence electrons. The van der Waals surface area contributed by atoms with Crippen LogP contribution in [0.3, 0.4) is 0 Å². The van der Waals surface area contributed by atoms with E-state index in [4.69, 9.17) is 4.98 Å². The van der Waals surface area contributed by atoms with Crippen LogP contribution in [0.1, 0.15) is 40.7 Å². The van der Waals surface area contributed by atoms with Crippen molar-refractivity contribution in [3.63, 3.8) is 0 Å². The van der Waals surface area contributed by atoms with E-state index < -0.39 is 0 Å². The summed E-state index contributed by atoms with van der Waals surface area (Å²) in [6.45, 7) is 5.25. The van der Waals surface area contributed by atoms with Crippen LogP contribution >= 0.6 is 0 Å². The van der Waals surface area contributed by atoms with Gasteiger partial charge >= 0.3 is 0 Å². The maximum atomic E-state index is 13.2. The molecule has 4 nitrogen and oxygen atoms in total. The van der Waals surface area contributed by atoms with Crippen LogP contribution in [0.25, 0.3) is 22.0 Å². The number of rotatable bonds is 5. The maximum Gasteiger partial charge on any atom is 0.255 e. The molecule has 1 amide bonds. The van der Waals surface area contributed by atoms with Gasteiger partial charge in [0.05, 0.1) is 5.52 Å². The lowest BCUT2D eigenvalue weighted by molar-refractivity contribution is 0.102. The van der Waals surface area contributed by atoms with E-state index in [1.165, 1.54) is 37.0 Å². The fourth-order valence-electron chi connectivity index (χ4n) is 4.64. The quantitative estimate of drug-likeness (QED) is 0.371. The molecule has 5 rings (SSSR count). The zero-order chi connectivity index (χ0) is 23.5. The Hall–Kier alpha value is -3.57. The number of anilines is 1. The Morgan fingerprint density at radius 1 is 0.941 bits per heavy atom. The lowest BCUT2D eigenvalue weighted by Gasteiger charge is -2.26. The third-order valence-electron chi connectivity index (χ3n) is 6.59. The number of carbonyl (C=O) groups is 1. The molecule has 1 fully saturated rings. The molecule has 1 saturated heterocycles. The molecule has 4 aromatic rings. The zero-order valence-electron chi connectivity index (χ0n) is 19.4. The lowest BCUT2D eigenvalue weighted by atomic mass is 10.0. The minimum Gasteiger partial charge on any atom is -0.322 e. The number of nitrogens with one attached hydrogen (secondary N) is 1. The van der Waals surface area contributed by atoms with Crippen LogP contribution in [0.2, 0.25) is 0 Å². The highest BCUT2D eigenvalue weighted by Crippen LogP contribution is 2.26. The number of likely N-dealkylation sites (tertiary alicyclic amines) is 1. The van der Waals surface area contributed by atoms with Crippen molar-refractivity contribution in [3.05, 3.63) is 95.4 Å². The van der Waals surface area contributed by atoms with Gasteiger partial charge in [0.25, 0.3) is 5.91 Å². The van der Waals surface area contributed by atoms with Crippen LogP contribution in [0.15, 0.2) is 72.9 Å². The SMILES string of the molecule is Cc1c(NC(=O)c2ccc(-c3ccc(F)cc3)cc2)ccc2cc(CN3CCCCC3)cnc12. The number of piperidine rings is 1.